The van der Waals surface area contributed by atoms with Crippen molar-refractivity contribution in [1.29, 1.82) is 0 Å². The molecule has 36 heavy (non-hydrogen) atoms. The van der Waals surface area contributed by atoms with Crippen molar-refractivity contribution in [3.63, 3.8) is 0 Å². The molecule has 194 valence electrons. The highest BCUT2D eigenvalue weighted by molar-refractivity contribution is 5.95. The Morgan fingerprint density at radius 1 is 1.00 bits per heavy atom. The maximum absolute atomic E-state index is 13.2. The number of carbonyl (C=O) groups is 2. The van der Waals surface area contributed by atoms with E-state index in [0.717, 1.165) is 55.6 Å². The van der Waals surface area contributed by atoms with Crippen LogP contribution < -0.4 is 15.4 Å². The number of rotatable bonds is 0. The number of ether oxygens (including phenoxy) is 2. The number of nitrogens with zero attached hydrogens (tertiary/aromatic N) is 1. The minimum absolute atomic E-state index is 0.0705. The summed E-state index contributed by atoms with van der Waals surface area (Å²) in [5, 5.41) is 6.75. The lowest BCUT2D eigenvalue weighted by Crippen LogP contribution is -2.49. The Labute approximate surface area is 214 Å². The molecule has 0 aromatic heterocycles. The Morgan fingerprint density at radius 3 is 2.53 bits per heavy atom. The SMILES string of the molecule is CC(C)(C)OC(=O)N1CCC2(CCNCCCOc3ccccc3-c3cccc(c3)C(=O)NC2)CC1. The molecule has 2 heterocycles. The van der Waals surface area contributed by atoms with Gasteiger partial charge in [-0.2, -0.15) is 0 Å². The van der Waals surface area contributed by atoms with Crippen molar-refractivity contribution in [2.45, 2.75) is 52.1 Å². The summed E-state index contributed by atoms with van der Waals surface area (Å²) in [5.74, 6) is 0.752. The summed E-state index contributed by atoms with van der Waals surface area (Å²) in [6.45, 7) is 9.85. The number of hydrogen-bond acceptors (Lipinski definition) is 5. The zero-order valence-electron chi connectivity index (χ0n) is 21.8. The van der Waals surface area contributed by atoms with Gasteiger partial charge in [0, 0.05) is 30.8 Å². The van der Waals surface area contributed by atoms with Gasteiger partial charge in [0.1, 0.15) is 11.4 Å². The summed E-state index contributed by atoms with van der Waals surface area (Å²) in [6, 6.07) is 15.7. The summed E-state index contributed by atoms with van der Waals surface area (Å²) < 4.78 is 11.7. The molecule has 7 heteroatoms. The summed E-state index contributed by atoms with van der Waals surface area (Å²) >= 11 is 0. The third-order valence-corrected chi connectivity index (χ3v) is 7.01. The van der Waals surface area contributed by atoms with Crippen LogP contribution in [0, 0.1) is 5.41 Å². The minimum Gasteiger partial charge on any atom is -0.493 e. The molecule has 0 atom stereocenters. The third-order valence-electron chi connectivity index (χ3n) is 7.01. The molecule has 7 nitrogen and oxygen atoms in total. The van der Waals surface area contributed by atoms with E-state index in [1.807, 2.05) is 69.3 Å². The van der Waals surface area contributed by atoms with Gasteiger partial charge in [-0.05, 0) is 88.7 Å². The lowest BCUT2D eigenvalue weighted by Gasteiger charge is -2.42. The van der Waals surface area contributed by atoms with E-state index in [1.165, 1.54) is 0 Å². The first-order valence-corrected chi connectivity index (χ1v) is 13.0. The molecule has 0 aliphatic carbocycles. The van der Waals surface area contributed by atoms with Gasteiger partial charge in [-0.3, -0.25) is 4.79 Å². The average Bonchev–Trinajstić information content (AvgIpc) is 2.86. The first-order valence-electron chi connectivity index (χ1n) is 13.0. The molecule has 2 aromatic rings. The van der Waals surface area contributed by atoms with Gasteiger partial charge in [-0.25, -0.2) is 4.79 Å². The van der Waals surface area contributed by atoms with Gasteiger partial charge in [-0.1, -0.05) is 30.3 Å². The molecule has 2 aromatic carbocycles. The van der Waals surface area contributed by atoms with Crippen LogP contribution in [0.4, 0.5) is 4.79 Å². The third kappa shape index (κ3) is 6.78. The summed E-state index contributed by atoms with van der Waals surface area (Å²) in [4.78, 5) is 27.6. The predicted octanol–water partition coefficient (Wildman–Crippen LogP) is 4.86. The van der Waals surface area contributed by atoms with Gasteiger partial charge in [0.2, 0.25) is 0 Å². The van der Waals surface area contributed by atoms with Crippen LogP contribution in [-0.2, 0) is 4.74 Å². The highest BCUT2D eigenvalue weighted by Gasteiger charge is 2.37. The molecule has 2 amide bonds. The zero-order valence-corrected chi connectivity index (χ0v) is 21.8. The fourth-order valence-electron chi connectivity index (χ4n) is 4.89. The van der Waals surface area contributed by atoms with Crippen LogP contribution in [0.2, 0.25) is 0 Å². The monoisotopic (exact) mass is 493 g/mol. The second-order valence-corrected chi connectivity index (χ2v) is 10.9. The number of nitrogens with one attached hydrogen (secondary N) is 2. The van der Waals surface area contributed by atoms with E-state index >= 15 is 0 Å². The second kappa shape index (κ2) is 11.3. The van der Waals surface area contributed by atoms with Crippen molar-refractivity contribution in [2.75, 3.05) is 39.3 Å². The Balaban J connectivity index is 1.50. The van der Waals surface area contributed by atoms with E-state index < -0.39 is 5.60 Å². The molecule has 4 rings (SSSR count). The van der Waals surface area contributed by atoms with Gasteiger partial charge >= 0.3 is 6.09 Å². The van der Waals surface area contributed by atoms with Crippen molar-refractivity contribution in [3.05, 3.63) is 54.1 Å². The van der Waals surface area contributed by atoms with Gasteiger partial charge in [-0.15, -0.1) is 0 Å². The first-order chi connectivity index (χ1) is 17.2. The van der Waals surface area contributed by atoms with Crippen LogP contribution in [0.25, 0.3) is 11.1 Å². The number of carbonyl (C=O) groups excluding carboxylic acids is 2. The number of fused-ring (bicyclic) bond motifs is 4. The van der Waals surface area contributed by atoms with Crippen molar-refractivity contribution < 1.29 is 19.1 Å². The van der Waals surface area contributed by atoms with E-state index in [4.69, 9.17) is 9.47 Å². The lowest BCUT2D eigenvalue weighted by atomic mass is 9.75. The van der Waals surface area contributed by atoms with Crippen LogP contribution in [0.5, 0.6) is 5.75 Å². The summed E-state index contributed by atoms with van der Waals surface area (Å²) in [6.07, 6.45) is 3.23. The lowest BCUT2D eigenvalue weighted by molar-refractivity contribution is 0.00884. The molecule has 1 saturated heterocycles. The van der Waals surface area contributed by atoms with Crippen molar-refractivity contribution in [2.24, 2.45) is 5.41 Å². The second-order valence-electron chi connectivity index (χ2n) is 10.9. The Bertz CT molecular complexity index is 1050. The van der Waals surface area contributed by atoms with Gasteiger partial charge < -0.3 is 25.0 Å². The maximum atomic E-state index is 13.2. The van der Waals surface area contributed by atoms with Gasteiger partial charge in [0.05, 0.1) is 6.61 Å². The molecule has 0 radical (unpaired) electrons. The fraction of sp³-hybridized carbons (Fsp3) is 0.517. The normalized spacial score (nSPS) is 19.1. The van der Waals surface area contributed by atoms with Crippen molar-refractivity contribution in [3.8, 4) is 16.9 Å². The van der Waals surface area contributed by atoms with E-state index in [9.17, 15) is 9.59 Å². The number of benzene rings is 2. The van der Waals surface area contributed by atoms with Gasteiger partial charge in [0.25, 0.3) is 5.91 Å². The largest absolute Gasteiger partial charge is 0.493 e. The Hall–Kier alpha value is -3.06. The molecule has 1 spiro atoms. The fourth-order valence-corrected chi connectivity index (χ4v) is 4.89. The van der Waals surface area contributed by atoms with Crippen LogP contribution in [0.15, 0.2) is 48.5 Å². The Morgan fingerprint density at radius 2 is 1.75 bits per heavy atom. The first kappa shape index (κ1) is 26.0. The minimum atomic E-state index is -0.509. The highest BCUT2D eigenvalue weighted by Crippen LogP contribution is 2.35. The van der Waals surface area contributed by atoms with E-state index in [1.54, 1.807) is 4.90 Å². The molecule has 0 saturated carbocycles. The molecule has 2 N–H and O–H groups in total. The zero-order chi connectivity index (χ0) is 25.6. The molecular formula is C29H39N3O4. The molecule has 2 bridgehead atoms. The smallest absolute Gasteiger partial charge is 0.410 e. The van der Waals surface area contributed by atoms with Crippen molar-refractivity contribution >= 4 is 12.0 Å². The highest BCUT2D eigenvalue weighted by atomic mass is 16.6. The van der Waals surface area contributed by atoms with Crippen LogP contribution in [0.3, 0.4) is 0 Å². The number of hydrogen-bond donors (Lipinski definition) is 2. The quantitative estimate of drug-likeness (QED) is 0.548. The van der Waals surface area contributed by atoms with Gasteiger partial charge in [0.15, 0.2) is 0 Å². The topological polar surface area (TPSA) is 79.9 Å². The van der Waals surface area contributed by atoms with E-state index in [-0.39, 0.29) is 17.4 Å². The van der Waals surface area contributed by atoms with Crippen molar-refractivity contribution in [1.82, 2.24) is 15.5 Å². The molecular weight excluding hydrogens is 454 g/mol. The van der Waals surface area contributed by atoms with Crippen LogP contribution in [0.1, 0.15) is 56.8 Å². The van der Waals surface area contributed by atoms with E-state index in [2.05, 4.69) is 10.6 Å². The average molecular weight is 494 g/mol. The molecule has 2 aliphatic rings. The summed E-state index contributed by atoms with van der Waals surface area (Å²) in [5.41, 5.74) is 2.00. The maximum Gasteiger partial charge on any atom is 0.410 e. The number of para-hydroxylation sites is 1. The van der Waals surface area contributed by atoms with Crippen LogP contribution >= 0.6 is 0 Å². The predicted molar refractivity (Wildman–Crippen MR) is 141 cm³/mol. The standard InChI is InChI=1S/C29H39N3O4/c1-28(2,3)36-27(34)32-17-13-29(14-18-32)12-16-30-15-7-19-35-25-11-5-4-10-24(25)22-8-6-9-23(20-22)26(33)31-21-29/h4-6,8-11,20,30H,7,12-19,21H2,1-3H3,(H,31,33). The number of likely N-dealkylation sites (tertiary alicyclic amines) is 1. The molecule has 1 fully saturated rings. The Kier molecular flexibility index (Phi) is 8.19. The van der Waals surface area contributed by atoms with E-state index in [0.29, 0.717) is 31.8 Å². The number of amides is 2. The number of piperidine rings is 1. The molecule has 0 unspecified atom stereocenters. The summed E-state index contributed by atoms with van der Waals surface area (Å²) in [7, 11) is 0. The molecule has 2 aliphatic heterocycles. The van der Waals surface area contributed by atoms with Crippen LogP contribution in [-0.4, -0.2) is 61.8 Å².